The molecule has 24 heavy (non-hydrogen) atoms. The fourth-order valence-electron chi connectivity index (χ4n) is 3.70. The van der Waals surface area contributed by atoms with Gasteiger partial charge >= 0.3 is 0 Å². The molecular weight excluding hydrogens is 310 g/mol. The molecule has 0 radical (unpaired) electrons. The molecule has 0 spiro atoms. The van der Waals surface area contributed by atoms with Crippen molar-refractivity contribution in [2.75, 3.05) is 12.1 Å². The van der Waals surface area contributed by atoms with Crippen LogP contribution >= 0.6 is 0 Å². The Morgan fingerprint density at radius 3 is 2.83 bits per heavy atom. The van der Waals surface area contributed by atoms with E-state index in [1.807, 2.05) is 26.0 Å². The van der Waals surface area contributed by atoms with E-state index in [-0.39, 0.29) is 25.0 Å². The minimum absolute atomic E-state index is 0.0559. The van der Waals surface area contributed by atoms with E-state index in [1.165, 1.54) is 0 Å². The number of ether oxygens (including phenoxy) is 4. The lowest BCUT2D eigenvalue weighted by molar-refractivity contribution is -0.147. The van der Waals surface area contributed by atoms with Crippen molar-refractivity contribution >= 4 is 5.69 Å². The minimum atomic E-state index is -0.670. The SMILES string of the molecule is C=CC[C@H](O)C[C@@H]1Nc2cc3c(cc2[C@@H]2OC(C)(C)O[C@@H]12)OCO3. The standard InChI is InChI=1S/C18H23NO5/c1-4-5-10(20)6-13-17-16(23-18(2,3)24-17)11-7-14-15(22-9-21-14)8-12(11)19-13/h4,7-8,10,13,16-17,19-20H,1,5-6,9H2,2-3H3/t10-,13-,16-,17-/m0/s1. The lowest BCUT2D eigenvalue weighted by Crippen LogP contribution is -2.43. The smallest absolute Gasteiger partial charge is 0.231 e. The predicted octanol–water partition coefficient (Wildman–Crippen LogP) is 2.73. The molecule has 0 amide bonds. The van der Waals surface area contributed by atoms with E-state index in [0.717, 1.165) is 22.7 Å². The van der Waals surface area contributed by atoms with Gasteiger partial charge in [-0.05, 0) is 32.8 Å². The maximum atomic E-state index is 10.2. The lowest BCUT2D eigenvalue weighted by Gasteiger charge is -2.35. The van der Waals surface area contributed by atoms with Gasteiger partial charge in [-0.3, -0.25) is 0 Å². The average molecular weight is 333 g/mol. The third-order valence-electron chi connectivity index (χ3n) is 4.68. The number of fused-ring (bicyclic) bond motifs is 4. The monoisotopic (exact) mass is 333 g/mol. The van der Waals surface area contributed by atoms with E-state index >= 15 is 0 Å². The molecule has 1 aromatic carbocycles. The predicted molar refractivity (Wildman–Crippen MR) is 88.2 cm³/mol. The van der Waals surface area contributed by atoms with Gasteiger partial charge in [0, 0.05) is 17.3 Å². The van der Waals surface area contributed by atoms with Gasteiger partial charge in [0.25, 0.3) is 0 Å². The van der Waals surface area contributed by atoms with Gasteiger partial charge in [-0.2, -0.15) is 0 Å². The highest BCUT2D eigenvalue weighted by molar-refractivity contribution is 5.64. The number of aliphatic hydroxyl groups excluding tert-OH is 1. The number of hydrogen-bond acceptors (Lipinski definition) is 6. The molecule has 3 heterocycles. The van der Waals surface area contributed by atoms with Crippen LogP contribution in [-0.2, 0) is 9.47 Å². The van der Waals surface area contributed by atoms with Gasteiger partial charge in [0.1, 0.15) is 12.2 Å². The molecule has 6 nitrogen and oxygen atoms in total. The Morgan fingerprint density at radius 1 is 1.33 bits per heavy atom. The van der Waals surface area contributed by atoms with E-state index in [4.69, 9.17) is 18.9 Å². The molecule has 1 aromatic rings. The van der Waals surface area contributed by atoms with Crippen LogP contribution in [-0.4, -0.2) is 35.9 Å². The summed E-state index contributed by atoms with van der Waals surface area (Å²) in [5.41, 5.74) is 1.95. The summed E-state index contributed by atoms with van der Waals surface area (Å²) in [4.78, 5) is 0. The van der Waals surface area contributed by atoms with E-state index in [9.17, 15) is 5.11 Å². The molecule has 0 aromatic heterocycles. The van der Waals surface area contributed by atoms with Crippen molar-refractivity contribution < 1.29 is 24.1 Å². The Balaban J connectivity index is 1.68. The average Bonchev–Trinajstić information content (AvgIpc) is 3.08. The van der Waals surface area contributed by atoms with Gasteiger partial charge < -0.3 is 29.4 Å². The van der Waals surface area contributed by atoms with Crippen LogP contribution in [0.4, 0.5) is 5.69 Å². The fraction of sp³-hybridized carbons (Fsp3) is 0.556. The van der Waals surface area contributed by atoms with E-state index in [2.05, 4.69) is 11.9 Å². The molecule has 0 aliphatic carbocycles. The number of aliphatic hydroxyl groups is 1. The Bertz CT molecular complexity index is 659. The molecule has 4 rings (SSSR count). The van der Waals surface area contributed by atoms with Crippen LogP contribution in [0.1, 0.15) is 38.4 Å². The largest absolute Gasteiger partial charge is 0.454 e. The van der Waals surface area contributed by atoms with Gasteiger partial charge in [0.05, 0.1) is 12.1 Å². The highest BCUT2D eigenvalue weighted by Gasteiger charge is 2.49. The summed E-state index contributed by atoms with van der Waals surface area (Å²) in [6.07, 6.45) is 1.99. The van der Waals surface area contributed by atoms with Crippen LogP contribution < -0.4 is 14.8 Å². The maximum absolute atomic E-state index is 10.2. The minimum Gasteiger partial charge on any atom is -0.454 e. The molecule has 1 saturated heterocycles. The normalized spacial score (nSPS) is 30.2. The summed E-state index contributed by atoms with van der Waals surface area (Å²) in [6, 6.07) is 3.85. The fourth-order valence-corrected chi connectivity index (χ4v) is 3.70. The number of anilines is 1. The van der Waals surface area contributed by atoms with Crippen molar-refractivity contribution in [1.82, 2.24) is 0 Å². The van der Waals surface area contributed by atoms with Crippen LogP contribution in [0.3, 0.4) is 0 Å². The highest BCUT2D eigenvalue weighted by Crippen LogP contribution is 2.50. The summed E-state index contributed by atoms with van der Waals surface area (Å²) in [6.45, 7) is 7.75. The summed E-state index contributed by atoms with van der Waals surface area (Å²) in [5.74, 6) is 0.785. The van der Waals surface area contributed by atoms with Crippen molar-refractivity contribution in [1.29, 1.82) is 0 Å². The molecule has 3 aliphatic heterocycles. The number of nitrogens with one attached hydrogen (secondary N) is 1. The topological polar surface area (TPSA) is 69.2 Å². The van der Waals surface area contributed by atoms with Crippen molar-refractivity contribution in [3.63, 3.8) is 0 Å². The molecule has 0 saturated carbocycles. The molecule has 4 atom stereocenters. The Labute approximate surface area is 141 Å². The highest BCUT2D eigenvalue weighted by atomic mass is 16.8. The molecule has 2 N–H and O–H groups in total. The second-order valence-corrected chi connectivity index (χ2v) is 6.98. The van der Waals surface area contributed by atoms with Gasteiger partial charge in [0.2, 0.25) is 6.79 Å². The Hall–Kier alpha value is -1.76. The van der Waals surface area contributed by atoms with Crippen molar-refractivity contribution in [2.45, 2.75) is 56.8 Å². The van der Waals surface area contributed by atoms with Crippen LogP contribution in [0, 0.1) is 0 Å². The first kappa shape index (κ1) is 15.7. The van der Waals surface area contributed by atoms with Crippen LogP contribution in [0.2, 0.25) is 0 Å². The molecule has 3 aliphatic rings. The molecular formula is C18H23NO5. The molecule has 130 valence electrons. The summed E-state index contributed by atoms with van der Waals surface area (Å²) < 4.78 is 23.2. The van der Waals surface area contributed by atoms with Crippen molar-refractivity contribution in [2.24, 2.45) is 0 Å². The Kier molecular flexibility index (Phi) is 3.71. The first-order valence-electron chi connectivity index (χ1n) is 8.31. The first-order valence-corrected chi connectivity index (χ1v) is 8.31. The number of hydrogen-bond donors (Lipinski definition) is 2. The second-order valence-electron chi connectivity index (χ2n) is 6.98. The molecule has 0 bridgehead atoms. The summed E-state index contributed by atoms with van der Waals surface area (Å²) >= 11 is 0. The Morgan fingerprint density at radius 2 is 2.08 bits per heavy atom. The van der Waals surface area contributed by atoms with Gasteiger partial charge in [-0.25, -0.2) is 0 Å². The third-order valence-corrected chi connectivity index (χ3v) is 4.68. The molecule has 1 fully saturated rings. The zero-order valence-electron chi connectivity index (χ0n) is 14.0. The van der Waals surface area contributed by atoms with Crippen LogP contribution in [0.15, 0.2) is 24.8 Å². The van der Waals surface area contributed by atoms with Crippen molar-refractivity contribution in [3.8, 4) is 11.5 Å². The lowest BCUT2D eigenvalue weighted by atomic mass is 9.89. The zero-order chi connectivity index (χ0) is 16.9. The van der Waals surface area contributed by atoms with Crippen LogP contribution in [0.25, 0.3) is 0 Å². The van der Waals surface area contributed by atoms with Crippen molar-refractivity contribution in [3.05, 3.63) is 30.4 Å². The molecule has 0 unspecified atom stereocenters. The third kappa shape index (κ3) is 2.64. The summed E-state index contributed by atoms with van der Waals surface area (Å²) in [7, 11) is 0. The maximum Gasteiger partial charge on any atom is 0.231 e. The second kappa shape index (κ2) is 5.65. The van der Waals surface area contributed by atoms with E-state index in [1.54, 1.807) is 6.08 Å². The number of benzene rings is 1. The molecule has 6 heteroatoms. The van der Waals surface area contributed by atoms with Gasteiger partial charge in [-0.15, -0.1) is 6.58 Å². The first-order chi connectivity index (χ1) is 11.5. The van der Waals surface area contributed by atoms with E-state index in [0.29, 0.717) is 12.8 Å². The summed E-state index contributed by atoms with van der Waals surface area (Å²) in [5, 5.41) is 13.7. The quantitative estimate of drug-likeness (QED) is 0.826. The van der Waals surface area contributed by atoms with Gasteiger partial charge in [0.15, 0.2) is 17.3 Å². The van der Waals surface area contributed by atoms with Gasteiger partial charge in [-0.1, -0.05) is 6.08 Å². The van der Waals surface area contributed by atoms with E-state index < -0.39 is 11.9 Å². The zero-order valence-corrected chi connectivity index (χ0v) is 14.0. The number of rotatable bonds is 4. The van der Waals surface area contributed by atoms with Crippen LogP contribution in [0.5, 0.6) is 11.5 Å².